The van der Waals surface area contributed by atoms with Crippen molar-refractivity contribution in [3.05, 3.63) is 126 Å². The molecule has 1 N–H and O–H groups in total. The molecule has 1 aliphatic rings. The molecule has 0 aromatic heterocycles. The summed E-state index contributed by atoms with van der Waals surface area (Å²) in [5.74, 6) is -1.03. The molecule has 0 unspecified atom stereocenters. The Balaban J connectivity index is 1.62. The summed E-state index contributed by atoms with van der Waals surface area (Å²) < 4.78 is 23.3. The van der Waals surface area contributed by atoms with E-state index in [2.05, 4.69) is 0 Å². The standard InChI is InChI=1S/C30H28NO4P/c1-2-31(28(30(32)33)21-22-13-5-3-6-14-22)36(34,23-15-7-4-8-16-23)35-29-26-19-11-9-17-24(26)25-18-10-12-20-27(25)29/h3-20,28-29H,2,21H2,1H3,(H,32,33)/t28-,36-/m0/s1. The number of hydrogen-bond donors (Lipinski definition) is 1. The van der Waals surface area contributed by atoms with Crippen molar-refractivity contribution in [2.75, 3.05) is 6.54 Å². The first kappa shape index (κ1) is 24.2. The smallest absolute Gasteiger partial charge is 0.321 e. The largest absolute Gasteiger partial charge is 0.480 e. The van der Waals surface area contributed by atoms with E-state index in [0.717, 1.165) is 27.8 Å². The van der Waals surface area contributed by atoms with Gasteiger partial charge in [-0.1, -0.05) is 104 Å². The molecule has 0 heterocycles. The van der Waals surface area contributed by atoms with E-state index >= 15 is 4.57 Å². The molecule has 1 aliphatic carbocycles. The highest BCUT2D eigenvalue weighted by Crippen LogP contribution is 2.58. The highest BCUT2D eigenvalue weighted by molar-refractivity contribution is 7.64. The fourth-order valence-electron chi connectivity index (χ4n) is 5.00. The summed E-state index contributed by atoms with van der Waals surface area (Å²) in [5, 5.41) is 10.8. The number of carboxylic acids is 1. The summed E-state index contributed by atoms with van der Waals surface area (Å²) in [5.41, 5.74) is 4.81. The predicted molar refractivity (Wildman–Crippen MR) is 142 cm³/mol. The van der Waals surface area contributed by atoms with Gasteiger partial charge in [-0.3, -0.25) is 9.36 Å². The third kappa shape index (κ3) is 4.42. The van der Waals surface area contributed by atoms with Crippen molar-refractivity contribution < 1.29 is 19.0 Å². The minimum Gasteiger partial charge on any atom is -0.480 e. The van der Waals surface area contributed by atoms with Crippen LogP contribution < -0.4 is 5.30 Å². The van der Waals surface area contributed by atoms with Crippen LogP contribution in [0.1, 0.15) is 29.7 Å². The minimum absolute atomic E-state index is 0.210. The molecule has 6 heteroatoms. The van der Waals surface area contributed by atoms with Gasteiger partial charge in [0.15, 0.2) is 0 Å². The molecule has 182 valence electrons. The number of benzene rings is 4. The first-order valence-corrected chi connectivity index (χ1v) is 13.7. The van der Waals surface area contributed by atoms with Crippen LogP contribution in [0.3, 0.4) is 0 Å². The lowest BCUT2D eigenvalue weighted by Crippen LogP contribution is -2.43. The Morgan fingerprint density at radius 1 is 0.833 bits per heavy atom. The van der Waals surface area contributed by atoms with Crippen LogP contribution in [-0.4, -0.2) is 28.3 Å². The zero-order valence-corrected chi connectivity index (χ0v) is 20.9. The molecule has 5 nitrogen and oxygen atoms in total. The molecular weight excluding hydrogens is 469 g/mol. The molecular formula is C30H28NO4P. The van der Waals surface area contributed by atoms with Crippen molar-refractivity contribution in [1.29, 1.82) is 0 Å². The van der Waals surface area contributed by atoms with Crippen LogP contribution in [0, 0.1) is 0 Å². The molecule has 0 radical (unpaired) electrons. The highest BCUT2D eigenvalue weighted by Gasteiger charge is 2.44. The Hall–Kier alpha value is -3.50. The molecule has 0 fully saturated rings. The second-order valence-corrected chi connectivity index (χ2v) is 11.1. The molecule has 4 aromatic carbocycles. The minimum atomic E-state index is -3.84. The second kappa shape index (κ2) is 10.2. The summed E-state index contributed by atoms with van der Waals surface area (Å²) in [4.78, 5) is 12.6. The van der Waals surface area contributed by atoms with Gasteiger partial charge < -0.3 is 9.63 Å². The molecule has 36 heavy (non-hydrogen) atoms. The zero-order valence-electron chi connectivity index (χ0n) is 20.0. The van der Waals surface area contributed by atoms with E-state index in [-0.39, 0.29) is 13.0 Å². The fourth-order valence-corrected chi connectivity index (χ4v) is 7.52. The molecule has 4 aromatic rings. The molecule has 0 spiro atoms. The Labute approximate surface area is 211 Å². The number of fused-ring (bicyclic) bond motifs is 3. The Morgan fingerprint density at radius 2 is 1.33 bits per heavy atom. The number of carboxylic acid groups (broad SMARTS) is 1. The zero-order chi connectivity index (χ0) is 25.1. The number of nitrogens with zero attached hydrogens (tertiary/aromatic N) is 1. The monoisotopic (exact) mass is 497 g/mol. The van der Waals surface area contributed by atoms with Gasteiger partial charge in [0.2, 0.25) is 0 Å². The van der Waals surface area contributed by atoms with E-state index in [0.29, 0.717) is 5.30 Å². The summed E-state index contributed by atoms with van der Waals surface area (Å²) >= 11 is 0. The van der Waals surface area contributed by atoms with E-state index in [1.807, 2.05) is 104 Å². The van der Waals surface area contributed by atoms with Gasteiger partial charge in [0.25, 0.3) is 0 Å². The van der Waals surface area contributed by atoms with Crippen molar-refractivity contribution in [2.45, 2.75) is 25.5 Å². The predicted octanol–water partition coefficient (Wildman–Crippen LogP) is 6.31. The molecule has 0 aliphatic heterocycles. The lowest BCUT2D eigenvalue weighted by molar-refractivity contribution is -0.141. The number of rotatable bonds is 9. The average molecular weight is 498 g/mol. The van der Waals surface area contributed by atoms with Gasteiger partial charge in [0.1, 0.15) is 12.1 Å². The maximum atomic E-state index is 15.1. The van der Waals surface area contributed by atoms with Gasteiger partial charge in [-0.25, -0.2) is 4.67 Å². The van der Waals surface area contributed by atoms with Crippen molar-refractivity contribution >= 4 is 18.8 Å². The van der Waals surface area contributed by atoms with E-state index in [4.69, 9.17) is 4.52 Å². The maximum absolute atomic E-state index is 15.1. The molecule has 0 bridgehead atoms. The van der Waals surface area contributed by atoms with E-state index in [1.165, 1.54) is 0 Å². The molecule has 2 atom stereocenters. The lowest BCUT2D eigenvalue weighted by atomic mass is 10.1. The normalized spacial score (nSPS) is 15.2. The molecule has 5 rings (SSSR count). The van der Waals surface area contributed by atoms with Gasteiger partial charge in [-0.15, -0.1) is 0 Å². The van der Waals surface area contributed by atoms with Crippen LogP contribution in [0.15, 0.2) is 109 Å². The van der Waals surface area contributed by atoms with Gasteiger partial charge in [-0.2, -0.15) is 0 Å². The number of aliphatic carboxylic acids is 1. The number of carbonyl (C=O) groups is 1. The van der Waals surface area contributed by atoms with Crippen molar-refractivity contribution in [2.24, 2.45) is 0 Å². The lowest BCUT2D eigenvalue weighted by Gasteiger charge is -2.36. The third-order valence-electron chi connectivity index (χ3n) is 6.69. The highest BCUT2D eigenvalue weighted by atomic mass is 31.2. The molecule has 0 saturated carbocycles. The summed E-state index contributed by atoms with van der Waals surface area (Å²) in [6, 6.07) is 33.3. The van der Waals surface area contributed by atoms with Gasteiger partial charge in [-0.05, 0) is 46.4 Å². The summed E-state index contributed by atoms with van der Waals surface area (Å²) in [6.45, 7) is 2.07. The van der Waals surface area contributed by atoms with Gasteiger partial charge in [0, 0.05) is 6.54 Å². The van der Waals surface area contributed by atoms with E-state index < -0.39 is 25.6 Å². The van der Waals surface area contributed by atoms with Crippen LogP contribution in [0.25, 0.3) is 11.1 Å². The third-order valence-corrected chi connectivity index (χ3v) is 9.37. The van der Waals surface area contributed by atoms with Crippen LogP contribution in [0.2, 0.25) is 0 Å². The Morgan fingerprint density at radius 3 is 1.86 bits per heavy atom. The fraction of sp³-hybridized carbons (Fsp3) is 0.167. The quantitative estimate of drug-likeness (QED) is 0.275. The number of hydrogen-bond acceptors (Lipinski definition) is 3. The van der Waals surface area contributed by atoms with Crippen LogP contribution in [0.4, 0.5) is 0 Å². The van der Waals surface area contributed by atoms with Gasteiger partial charge in [0.05, 0.1) is 5.30 Å². The van der Waals surface area contributed by atoms with Gasteiger partial charge >= 0.3 is 13.5 Å². The van der Waals surface area contributed by atoms with E-state index in [1.54, 1.807) is 16.8 Å². The first-order valence-electron chi connectivity index (χ1n) is 12.1. The van der Waals surface area contributed by atoms with Crippen LogP contribution >= 0.6 is 7.52 Å². The first-order chi connectivity index (χ1) is 17.5. The second-order valence-electron chi connectivity index (χ2n) is 8.82. The summed E-state index contributed by atoms with van der Waals surface area (Å²) in [6.07, 6.45) is -0.370. The van der Waals surface area contributed by atoms with E-state index in [9.17, 15) is 9.90 Å². The van der Waals surface area contributed by atoms with Crippen LogP contribution in [-0.2, 0) is 20.3 Å². The Bertz CT molecular complexity index is 1360. The Kier molecular flexibility index (Phi) is 6.88. The molecule has 0 saturated heterocycles. The van der Waals surface area contributed by atoms with Crippen molar-refractivity contribution in [3.63, 3.8) is 0 Å². The van der Waals surface area contributed by atoms with Crippen molar-refractivity contribution in [1.82, 2.24) is 4.67 Å². The SMILES string of the molecule is CCN([C@@H](Cc1ccccc1)C(=O)O)[P@@](=O)(OC1c2ccccc2-c2ccccc21)c1ccccc1. The van der Waals surface area contributed by atoms with Crippen LogP contribution in [0.5, 0.6) is 0 Å². The summed E-state index contributed by atoms with van der Waals surface area (Å²) in [7, 11) is -3.84. The maximum Gasteiger partial charge on any atom is 0.321 e. The van der Waals surface area contributed by atoms with Crippen molar-refractivity contribution in [3.8, 4) is 11.1 Å². The average Bonchev–Trinajstić information content (AvgIpc) is 3.23. The topological polar surface area (TPSA) is 66.8 Å². The molecule has 0 amide bonds. The number of likely N-dealkylation sites (N-methyl/N-ethyl adjacent to an activating group) is 1.